The van der Waals surface area contributed by atoms with E-state index in [1.807, 2.05) is 19.1 Å². The van der Waals surface area contributed by atoms with E-state index in [2.05, 4.69) is 9.97 Å². The molecule has 0 saturated heterocycles. The highest BCUT2D eigenvalue weighted by Crippen LogP contribution is 2.25. The van der Waals surface area contributed by atoms with Crippen LogP contribution in [0, 0.1) is 6.92 Å². The predicted molar refractivity (Wildman–Crippen MR) is 70.6 cm³/mol. The first kappa shape index (κ1) is 12.1. The Kier molecular flexibility index (Phi) is 2.38. The molecule has 98 valence electrons. The first-order chi connectivity index (χ1) is 8.88. The van der Waals surface area contributed by atoms with Gasteiger partial charge in [-0.1, -0.05) is 0 Å². The summed E-state index contributed by atoms with van der Waals surface area (Å²) in [4.78, 5) is 8.39. The van der Waals surface area contributed by atoms with E-state index in [4.69, 9.17) is 4.55 Å². The molecule has 0 aliphatic heterocycles. The monoisotopic (exact) mass is 277 g/mol. The highest BCUT2D eigenvalue weighted by atomic mass is 32.2. The lowest BCUT2D eigenvalue weighted by molar-refractivity contribution is 0.470. The molecule has 0 aliphatic carbocycles. The molecule has 0 radical (unpaired) electrons. The molecular weight excluding hydrogens is 266 g/mol. The van der Waals surface area contributed by atoms with Gasteiger partial charge in [0.2, 0.25) is 0 Å². The minimum absolute atomic E-state index is 0.365. The van der Waals surface area contributed by atoms with Crippen molar-refractivity contribution in [3.05, 3.63) is 30.0 Å². The molecule has 7 heteroatoms. The lowest BCUT2D eigenvalue weighted by Crippen LogP contribution is -2.06. The van der Waals surface area contributed by atoms with E-state index in [9.17, 15) is 8.42 Å². The molecule has 0 atom stereocenters. The molecule has 6 nitrogen and oxygen atoms in total. The topological polar surface area (TPSA) is 85.1 Å². The summed E-state index contributed by atoms with van der Waals surface area (Å²) >= 11 is 0. The molecule has 0 bridgehead atoms. The number of benzene rings is 1. The van der Waals surface area contributed by atoms with Crippen molar-refractivity contribution in [1.82, 2.24) is 14.5 Å². The van der Waals surface area contributed by atoms with E-state index in [-0.39, 0.29) is 5.16 Å². The third-order valence-electron chi connectivity index (χ3n) is 3.05. The summed E-state index contributed by atoms with van der Waals surface area (Å²) in [5, 5.41) is 0.393. The molecule has 1 N–H and O–H groups in total. The van der Waals surface area contributed by atoms with Crippen LogP contribution in [0.4, 0.5) is 0 Å². The van der Waals surface area contributed by atoms with Crippen molar-refractivity contribution in [3.63, 3.8) is 0 Å². The number of rotatable bonds is 1. The lowest BCUT2D eigenvalue weighted by Gasteiger charge is -2.00. The van der Waals surface area contributed by atoms with Crippen LogP contribution in [0.5, 0.6) is 0 Å². The molecule has 2 aromatic heterocycles. The molecule has 0 aliphatic rings. The van der Waals surface area contributed by atoms with Crippen LogP contribution < -0.4 is 0 Å². The molecule has 0 unspecified atom stereocenters. The number of nitrogens with zero attached hydrogens (tertiary/aromatic N) is 3. The van der Waals surface area contributed by atoms with Gasteiger partial charge >= 0.3 is 10.1 Å². The van der Waals surface area contributed by atoms with Crippen LogP contribution in [0.25, 0.3) is 21.9 Å². The largest absolute Gasteiger partial charge is 0.328 e. The van der Waals surface area contributed by atoms with Crippen LogP contribution in [0.1, 0.15) is 5.69 Å². The van der Waals surface area contributed by atoms with Crippen LogP contribution in [-0.2, 0) is 17.2 Å². The van der Waals surface area contributed by atoms with Crippen molar-refractivity contribution in [1.29, 1.82) is 0 Å². The summed E-state index contributed by atoms with van der Waals surface area (Å²) in [6, 6.07) is 7.23. The van der Waals surface area contributed by atoms with Crippen molar-refractivity contribution in [2.45, 2.75) is 12.1 Å². The van der Waals surface area contributed by atoms with E-state index in [0.717, 1.165) is 16.6 Å². The van der Waals surface area contributed by atoms with Gasteiger partial charge in [-0.15, -0.1) is 0 Å². The molecule has 1 aromatic carbocycles. The van der Waals surface area contributed by atoms with Crippen molar-refractivity contribution in [2.24, 2.45) is 7.05 Å². The van der Waals surface area contributed by atoms with Crippen LogP contribution in [0.2, 0.25) is 0 Å². The van der Waals surface area contributed by atoms with Gasteiger partial charge in [0.05, 0.1) is 16.6 Å². The fourth-order valence-corrected chi connectivity index (χ4v) is 2.82. The Morgan fingerprint density at radius 1 is 1.16 bits per heavy atom. The fraction of sp³-hybridized carbons (Fsp3) is 0.167. The van der Waals surface area contributed by atoms with Crippen molar-refractivity contribution in [2.75, 3.05) is 0 Å². The molecule has 0 amide bonds. The maximum Gasteiger partial charge on any atom is 0.328 e. The highest BCUT2D eigenvalue weighted by Gasteiger charge is 2.20. The van der Waals surface area contributed by atoms with E-state index in [1.54, 1.807) is 19.2 Å². The van der Waals surface area contributed by atoms with Crippen LogP contribution in [-0.4, -0.2) is 27.5 Å². The molecule has 19 heavy (non-hydrogen) atoms. The third kappa shape index (κ3) is 1.78. The van der Waals surface area contributed by atoms with Crippen molar-refractivity contribution >= 4 is 32.1 Å². The maximum absolute atomic E-state index is 11.3. The Bertz CT molecular complexity index is 913. The summed E-state index contributed by atoms with van der Waals surface area (Å²) in [7, 11) is -2.79. The Morgan fingerprint density at radius 3 is 2.58 bits per heavy atom. The number of aryl methyl sites for hydroxylation is 2. The lowest BCUT2D eigenvalue weighted by atomic mass is 10.1. The number of imidazole rings is 1. The van der Waals surface area contributed by atoms with Crippen LogP contribution >= 0.6 is 0 Å². The highest BCUT2D eigenvalue weighted by molar-refractivity contribution is 7.85. The zero-order valence-corrected chi connectivity index (χ0v) is 11.1. The van der Waals surface area contributed by atoms with Gasteiger partial charge < -0.3 is 4.57 Å². The van der Waals surface area contributed by atoms with E-state index >= 15 is 0 Å². The summed E-state index contributed by atoms with van der Waals surface area (Å²) in [6.45, 7) is 1.88. The Labute approximate surface area is 109 Å². The van der Waals surface area contributed by atoms with Crippen molar-refractivity contribution < 1.29 is 13.0 Å². The third-order valence-corrected chi connectivity index (χ3v) is 3.87. The van der Waals surface area contributed by atoms with Gasteiger partial charge in [-0.3, -0.25) is 9.54 Å². The van der Waals surface area contributed by atoms with Gasteiger partial charge in [-0.05, 0) is 31.2 Å². The van der Waals surface area contributed by atoms with Gasteiger partial charge in [-0.25, -0.2) is 4.98 Å². The number of pyridine rings is 1. The minimum Gasteiger partial charge on any atom is -0.316 e. The van der Waals surface area contributed by atoms with Crippen LogP contribution in [0.3, 0.4) is 0 Å². The van der Waals surface area contributed by atoms with E-state index in [0.29, 0.717) is 11.0 Å². The van der Waals surface area contributed by atoms with Gasteiger partial charge in [0, 0.05) is 18.1 Å². The molecular formula is C12H11N3O3S. The Balaban J connectivity index is 2.50. The molecule has 0 spiro atoms. The summed E-state index contributed by atoms with van der Waals surface area (Å²) in [5.74, 6) is 0. The fourth-order valence-electron chi connectivity index (χ4n) is 2.17. The molecule has 2 heterocycles. The normalized spacial score (nSPS) is 12.4. The zero-order valence-electron chi connectivity index (χ0n) is 10.3. The van der Waals surface area contributed by atoms with E-state index in [1.165, 1.54) is 4.57 Å². The summed E-state index contributed by atoms with van der Waals surface area (Å²) < 4.78 is 33.1. The van der Waals surface area contributed by atoms with Gasteiger partial charge in [0.25, 0.3) is 5.16 Å². The quantitative estimate of drug-likeness (QED) is 0.684. The average molecular weight is 277 g/mol. The number of fused-ring (bicyclic) bond motifs is 3. The number of hydrogen-bond donors (Lipinski definition) is 1. The molecule has 0 fully saturated rings. The molecule has 0 saturated carbocycles. The van der Waals surface area contributed by atoms with Gasteiger partial charge in [0.1, 0.15) is 0 Å². The SMILES string of the molecule is Cc1ccc2c(ccc3c2nc(S(=O)(=O)O)n3C)n1. The molecule has 3 aromatic rings. The first-order valence-electron chi connectivity index (χ1n) is 5.58. The van der Waals surface area contributed by atoms with Gasteiger partial charge in [-0.2, -0.15) is 8.42 Å². The van der Waals surface area contributed by atoms with Crippen molar-refractivity contribution in [3.8, 4) is 0 Å². The summed E-state index contributed by atoms with van der Waals surface area (Å²) in [5.41, 5.74) is 2.76. The first-order valence-corrected chi connectivity index (χ1v) is 7.02. The molecule has 3 rings (SSSR count). The average Bonchev–Trinajstić information content (AvgIpc) is 2.66. The second kappa shape index (κ2) is 3.75. The summed E-state index contributed by atoms with van der Waals surface area (Å²) in [6.07, 6.45) is 0. The van der Waals surface area contributed by atoms with Crippen LogP contribution in [0.15, 0.2) is 29.4 Å². The zero-order chi connectivity index (χ0) is 13.8. The Hall–Kier alpha value is -1.99. The standard InChI is InChI=1S/C12H11N3O3S/c1-7-3-4-8-9(13-7)5-6-10-11(8)14-12(15(10)2)19(16,17)18/h3-6H,1-2H3,(H,16,17,18). The minimum atomic E-state index is -4.34. The second-order valence-corrected chi connectivity index (χ2v) is 5.70. The number of aromatic nitrogens is 3. The Morgan fingerprint density at radius 2 is 1.89 bits per heavy atom. The maximum atomic E-state index is 11.3. The smallest absolute Gasteiger partial charge is 0.316 e. The number of hydrogen-bond acceptors (Lipinski definition) is 4. The van der Waals surface area contributed by atoms with E-state index < -0.39 is 10.1 Å². The van der Waals surface area contributed by atoms with Gasteiger partial charge in [0.15, 0.2) is 0 Å². The second-order valence-electron chi connectivity index (χ2n) is 4.38. The predicted octanol–water partition coefficient (Wildman–Crippen LogP) is 1.68.